The summed E-state index contributed by atoms with van der Waals surface area (Å²) in [5.74, 6) is -0.127. The van der Waals surface area contributed by atoms with Crippen LogP contribution >= 0.6 is 0 Å². The van der Waals surface area contributed by atoms with Crippen molar-refractivity contribution in [3.63, 3.8) is 0 Å². The van der Waals surface area contributed by atoms with E-state index in [1.807, 2.05) is 35.7 Å². The molecule has 2 N–H and O–H groups in total. The lowest BCUT2D eigenvalue weighted by molar-refractivity contribution is -0.120. The molecule has 0 spiro atoms. The molecule has 0 radical (unpaired) electrons. The van der Waals surface area contributed by atoms with Crippen molar-refractivity contribution < 1.29 is 9.90 Å². The van der Waals surface area contributed by atoms with Crippen LogP contribution in [-0.2, 0) is 11.2 Å². The van der Waals surface area contributed by atoms with Crippen LogP contribution in [0.3, 0.4) is 0 Å². The number of imidazole rings is 1. The minimum Gasteiger partial charge on any atom is -0.392 e. The second-order valence-electron chi connectivity index (χ2n) is 6.97. The van der Waals surface area contributed by atoms with E-state index in [4.69, 9.17) is 4.98 Å². The Labute approximate surface area is 153 Å². The SMILES string of the molecule is Cc1ccn2c(CC(=O)NCC(C)O)c(-c3ccc(C)c(C)c3)nc2c1. The van der Waals surface area contributed by atoms with Gasteiger partial charge in [0.2, 0.25) is 5.91 Å². The number of benzene rings is 1. The van der Waals surface area contributed by atoms with Gasteiger partial charge in [-0.3, -0.25) is 4.79 Å². The smallest absolute Gasteiger partial charge is 0.226 e. The first-order valence-corrected chi connectivity index (χ1v) is 8.85. The number of nitrogens with one attached hydrogen (secondary N) is 1. The number of aromatic nitrogens is 2. The minimum absolute atomic E-state index is 0.127. The molecule has 0 bridgehead atoms. The number of amides is 1. The fourth-order valence-electron chi connectivity index (χ4n) is 2.96. The number of aliphatic hydroxyl groups is 1. The first kappa shape index (κ1) is 18.1. The van der Waals surface area contributed by atoms with Crippen molar-refractivity contribution in [2.24, 2.45) is 0 Å². The van der Waals surface area contributed by atoms with E-state index in [9.17, 15) is 9.90 Å². The normalized spacial score (nSPS) is 12.3. The Balaban J connectivity index is 2.06. The van der Waals surface area contributed by atoms with Crippen LogP contribution in [-0.4, -0.2) is 33.0 Å². The van der Waals surface area contributed by atoms with Crippen molar-refractivity contribution in [1.29, 1.82) is 0 Å². The number of hydrogen-bond donors (Lipinski definition) is 2. The summed E-state index contributed by atoms with van der Waals surface area (Å²) in [6.07, 6.45) is 1.60. The molecule has 136 valence electrons. The maximum absolute atomic E-state index is 12.4. The van der Waals surface area contributed by atoms with E-state index in [2.05, 4.69) is 31.3 Å². The molecule has 5 nitrogen and oxygen atoms in total. The summed E-state index contributed by atoms with van der Waals surface area (Å²) in [6, 6.07) is 10.3. The summed E-state index contributed by atoms with van der Waals surface area (Å²) in [5.41, 5.74) is 7.06. The second kappa shape index (κ2) is 7.30. The molecule has 0 fully saturated rings. The molecule has 0 aliphatic carbocycles. The van der Waals surface area contributed by atoms with Crippen molar-refractivity contribution in [2.75, 3.05) is 6.54 Å². The van der Waals surface area contributed by atoms with Crippen LogP contribution < -0.4 is 5.32 Å². The van der Waals surface area contributed by atoms with Crippen molar-refractivity contribution in [1.82, 2.24) is 14.7 Å². The molecule has 0 aliphatic rings. The lowest BCUT2D eigenvalue weighted by Crippen LogP contribution is -2.32. The third kappa shape index (κ3) is 3.78. The second-order valence-corrected chi connectivity index (χ2v) is 6.97. The van der Waals surface area contributed by atoms with Crippen LogP contribution in [0.15, 0.2) is 36.5 Å². The lowest BCUT2D eigenvalue weighted by atomic mass is 10.0. The highest BCUT2D eigenvalue weighted by atomic mass is 16.3. The van der Waals surface area contributed by atoms with Gasteiger partial charge in [0, 0.05) is 18.3 Å². The Morgan fingerprint density at radius 1 is 1.19 bits per heavy atom. The summed E-state index contributed by atoms with van der Waals surface area (Å²) >= 11 is 0. The average Bonchev–Trinajstić information content (AvgIpc) is 2.93. The highest BCUT2D eigenvalue weighted by molar-refractivity contribution is 5.81. The first-order valence-electron chi connectivity index (χ1n) is 8.85. The van der Waals surface area contributed by atoms with E-state index in [0.717, 1.165) is 28.2 Å². The summed E-state index contributed by atoms with van der Waals surface area (Å²) < 4.78 is 1.97. The number of pyridine rings is 1. The van der Waals surface area contributed by atoms with E-state index >= 15 is 0 Å². The molecule has 5 heteroatoms. The number of carbonyl (C=O) groups excluding carboxylic acids is 1. The number of aryl methyl sites for hydroxylation is 3. The van der Waals surface area contributed by atoms with Gasteiger partial charge in [-0.2, -0.15) is 0 Å². The monoisotopic (exact) mass is 351 g/mol. The van der Waals surface area contributed by atoms with Crippen LogP contribution in [0.5, 0.6) is 0 Å². The number of fused-ring (bicyclic) bond motifs is 1. The van der Waals surface area contributed by atoms with E-state index in [-0.39, 0.29) is 18.9 Å². The molecule has 1 atom stereocenters. The van der Waals surface area contributed by atoms with Gasteiger partial charge in [0.05, 0.1) is 23.9 Å². The molecule has 1 unspecified atom stereocenters. The first-order chi connectivity index (χ1) is 12.3. The van der Waals surface area contributed by atoms with Crippen LogP contribution in [0.4, 0.5) is 0 Å². The molecule has 0 aliphatic heterocycles. The zero-order valence-electron chi connectivity index (χ0n) is 15.7. The Hall–Kier alpha value is -2.66. The van der Waals surface area contributed by atoms with Gasteiger partial charge in [-0.25, -0.2) is 4.98 Å². The topological polar surface area (TPSA) is 66.6 Å². The van der Waals surface area contributed by atoms with E-state index in [1.54, 1.807) is 6.92 Å². The van der Waals surface area contributed by atoms with Crippen LogP contribution in [0, 0.1) is 20.8 Å². The predicted octanol–water partition coefficient (Wildman–Crippen LogP) is 2.97. The Morgan fingerprint density at radius 2 is 1.96 bits per heavy atom. The molecule has 2 heterocycles. The van der Waals surface area contributed by atoms with E-state index in [0.29, 0.717) is 0 Å². The Kier molecular flexibility index (Phi) is 5.09. The van der Waals surface area contributed by atoms with Gasteiger partial charge >= 0.3 is 0 Å². The predicted molar refractivity (Wildman–Crippen MR) is 103 cm³/mol. The quantitative estimate of drug-likeness (QED) is 0.743. The summed E-state index contributed by atoms with van der Waals surface area (Å²) in [6.45, 7) is 8.08. The number of rotatable bonds is 5. The van der Waals surface area contributed by atoms with Gasteiger partial charge in [-0.05, 0) is 62.6 Å². The largest absolute Gasteiger partial charge is 0.392 e. The van der Waals surface area contributed by atoms with Crippen molar-refractivity contribution in [2.45, 2.75) is 40.2 Å². The van der Waals surface area contributed by atoms with Gasteiger partial charge in [-0.1, -0.05) is 12.1 Å². The van der Waals surface area contributed by atoms with Gasteiger partial charge in [0.1, 0.15) is 5.65 Å². The Morgan fingerprint density at radius 3 is 2.65 bits per heavy atom. The maximum atomic E-state index is 12.4. The molecule has 0 saturated carbocycles. The van der Waals surface area contributed by atoms with Crippen molar-refractivity contribution in [3.05, 3.63) is 58.9 Å². The number of aliphatic hydroxyl groups excluding tert-OH is 1. The van der Waals surface area contributed by atoms with E-state index in [1.165, 1.54) is 11.1 Å². The van der Waals surface area contributed by atoms with Crippen molar-refractivity contribution in [3.8, 4) is 11.3 Å². The lowest BCUT2D eigenvalue weighted by Gasteiger charge is -2.09. The molecule has 1 aromatic carbocycles. The maximum Gasteiger partial charge on any atom is 0.226 e. The van der Waals surface area contributed by atoms with Gasteiger partial charge < -0.3 is 14.8 Å². The minimum atomic E-state index is -0.567. The standard InChI is InChI=1S/C21H25N3O2/c1-13-7-8-24-18(11-20(26)22-12-16(4)25)21(23-19(24)9-13)17-6-5-14(2)15(3)10-17/h5-10,16,25H,11-12H2,1-4H3,(H,22,26). The van der Waals surface area contributed by atoms with E-state index < -0.39 is 6.10 Å². The third-order valence-corrected chi connectivity index (χ3v) is 4.58. The molecule has 3 aromatic rings. The number of nitrogens with zero attached hydrogens (tertiary/aromatic N) is 2. The highest BCUT2D eigenvalue weighted by Crippen LogP contribution is 2.27. The summed E-state index contributed by atoms with van der Waals surface area (Å²) in [7, 11) is 0. The van der Waals surface area contributed by atoms with Crippen molar-refractivity contribution >= 4 is 11.6 Å². The summed E-state index contributed by atoms with van der Waals surface area (Å²) in [5, 5.41) is 12.2. The molecule has 2 aromatic heterocycles. The highest BCUT2D eigenvalue weighted by Gasteiger charge is 2.17. The molecule has 1 amide bonds. The average molecular weight is 351 g/mol. The molecule has 0 saturated heterocycles. The zero-order valence-corrected chi connectivity index (χ0v) is 15.7. The van der Waals surface area contributed by atoms with Gasteiger partial charge in [-0.15, -0.1) is 0 Å². The fraction of sp³-hybridized carbons (Fsp3) is 0.333. The Bertz CT molecular complexity index is 957. The molecular formula is C21H25N3O2. The van der Waals surface area contributed by atoms with Gasteiger partial charge in [0.25, 0.3) is 0 Å². The zero-order chi connectivity index (χ0) is 18.8. The molecule has 3 rings (SSSR count). The fourth-order valence-corrected chi connectivity index (χ4v) is 2.96. The van der Waals surface area contributed by atoms with Crippen LogP contribution in [0.25, 0.3) is 16.9 Å². The van der Waals surface area contributed by atoms with Gasteiger partial charge in [0.15, 0.2) is 0 Å². The van der Waals surface area contributed by atoms with Crippen LogP contribution in [0.1, 0.15) is 29.3 Å². The number of carbonyl (C=O) groups is 1. The molecular weight excluding hydrogens is 326 g/mol. The number of hydrogen-bond acceptors (Lipinski definition) is 3. The van der Waals surface area contributed by atoms with Crippen LogP contribution in [0.2, 0.25) is 0 Å². The molecule has 26 heavy (non-hydrogen) atoms. The summed E-state index contributed by atoms with van der Waals surface area (Å²) in [4.78, 5) is 17.2. The third-order valence-electron chi connectivity index (χ3n) is 4.58.